The molecule has 1 aliphatic heterocycles. The zero-order valence-corrected chi connectivity index (χ0v) is 9.48. The fraction of sp³-hybridized carbons (Fsp3) is 0.417. The van der Waals surface area contributed by atoms with E-state index in [1.165, 1.54) is 11.2 Å². The number of rotatable bonds is 1. The molecule has 1 saturated heterocycles. The molecule has 2 aromatic rings. The topological polar surface area (TPSA) is 32.6 Å². The van der Waals surface area contributed by atoms with Crippen LogP contribution in [-0.2, 0) is 0 Å². The summed E-state index contributed by atoms with van der Waals surface area (Å²) in [5.41, 5.74) is 2.47. The lowest BCUT2D eigenvalue weighted by atomic mass is 10.3. The van der Waals surface area contributed by atoms with E-state index in [0.29, 0.717) is 0 Å². The zero-order chi connectivity index (χ0) is 11.0. The Morgan fingerprint density at radius 1 is 1.31 bits per heavy atom. The van der Waals surface area contributed by atoms with E-state index < -0.39 is 0 Å². The minimum atomic E-state index is 1.04. The van der Waals surface area contributed by atoms with Crippen LogP contribution in [0.2, 0.25) is 0 Å². The van der Waals surface area contributed by atoms with Crippen LogP contribution in [0.1, 0.15) is 5.82 Å². The van der Waals surface area contributed by atoms with Gasteiger partial charge in [0, 0.05) is 38.1 Å². The van der Waals surface area contributed by atoms with Crippen molar-refractivity contribution in [3.05, 3.63) is 30.4 Å². The minimum Gasteiger partial charge on any atom is -0.369 e. The van der Waals surface area contributed by atoms with Crippen molar-refractivity contribution in [2.24, 2.45) is 0 Å². The fourth-order valence-electron chi connectivity index (χ4n) is 2.24. The summed E-state index contributed by atoms with van der Waals surface area (Å²) < 4.78 is 2.12. The second kappa shape index (κ2) is 3.79. The Hall–Kier alpha value is -1.55. The van der Waals surface area contributed by atoms with E-state index in [-0.39, 0.29) is 0 Å². The van der Waals surface area contributed by atoms with E-state index >= 15 is 0 Å². The molecular weight excluding hydrogens is 200 g/mol. The van der Waals surface area contributed by atoms with Gasteiger partial charge in [0.1, 0.15) is 5.82 Å². The maximum atomic E-state index is 4.31. The molecule has 1 fully saturated rings. The summed E-state index contributed by atoms with van der Waals surface area (Å²) in [6.07, 6.45) is 4.04. The van der Waals surface area contributed by atoms with Crippen LogP contribution in [0.3, 0.4) is 0 Å². The number of nitrogens with zero attached hydrogens (tertiary/aromatic N) is 3. The molecule has 0 saturated carbocycles. The first-order chi connectivity index (χ1) is 7.84. The van der Waals surface area contributed by atoms with Crippen molar-refractivity contribution in [1.82, 2.24) is 14.7 Å². The number of piperazine rings is 1. The molecule has 2 aromatic heterocycles. The Labute approximate surface area is 94.9 Å². The van der Waals surface area contributed by atoms with Crippen molar-refractivity contribution >= 4 is 11.2 Å². The third-order valence-electron chi connectivity index (χ3n) is 3.18. The zero-order valence-electron chi connectivity index (χ0n) is 9.48. The van der Waals surface area contributed by atoms with Crippen LogP contribution >= 0.6 is 0 Å². The van der Waals surface area contributed by atoms with Crippen molar-refractivity contribution in [3.63, 3.8) is 0 Å². The number of aryl methyl sites for hydroxylation is 1. The lowest BCUT2D eigenvalue weighted by Gasteiger charge is -2.29. The van der Waals surface area contributed by atoms with Crippen molar-refractivity contribution in [2.75, 3.05) is 31.1 Å². The molecule has 3 heterocycles. The van der Waals surface area contributed by atoms with Crippen molar-refractivity contribution in [1.29, 1.82) is 0 Å². The van der Waals surface area contributed by atoms with E-state index in [4.69, 9.17) is 0 Å². The van der Waals surface area contributed by atoms with E-state index in [9.17, 15) is 0 Å². The van der Waals surface area contributed by atoms with E-state index in [1.807, 2.05) is 13.1 Å². The molecule has 4 heteroatoms. The number of nitrogens with one attached hydrogen (secondary N) is 1. The van der Waals surface area contributed by atoms with Gasteiger partial charge >= 0.3 is 0 Å². The first-order valence-electron chi connectivity index (χ1n) is 5.74. The monoisotopic (exact) mass is 216 g/mol. The number of pyridine rings is 1. The fourth-order valence-corrected chi connectivity index (χ4v) is 2.24. The lowest BCUT2D eigenvalue weighted by Crippen LogP contribution is -2.43. The average Bonchev–Trinajstić information content (AvgIpc) is 2.72. The van der Waals surface area contributed by atoms with Gasteiger partial charge in [-0.05, 0) is 19.1 Å². The van der Waals surface area contributed by atoms with Crippen molar-refractivity contribution in [3.8, 4) is 0 Å². The molecule has 3 rings (SSSR count). The molecule has 4 nitrogen and oxygen atoms in total. The highest BCUT2D eigenvalue weighted by Gasteiger charge is 2.10. The molecule has 0 atom stereocenters. The largest absolute Gasteiger partial charge is 0.369 e. The normalized spacial score (nSPS) is 16.9. The van der Waals surface area contributed by atoms with Gasteiger partial charge in [-0.1, -0.05) is 0 Å². The molecule has 0 aliphatic carbocycles. The van der Waals surface area contributed by atoms with Gasteiger partial charge in [-0.2, -0.15) is 0 Å². The smallest absolute Gasteiger partial charge is 0.110 e. The Kier molecular flexibility index (Phi) is 2.29. The summed E-state index contributed by atoms with van der Waals surface area (Å²) in [4.78, 5) is 6.73. The van der Waals surface area contributed by atoms with Gasteiger partial charge in [0.2, 0.25) is 0 Å². The van der Waals surface area contributed by atoms with Gasteiger partial charge < -0.3 is 14.6 Å². The van der Waals surface area contributed by atoms with Gasteiger partial charge in [0.25, 0.3) is 0 Å². The van der Waals surface area contributed by atoms with E-state index in [1.54, 1.807) is 0 Å². The lowest BCUT2D eigenvalue weighted by molar-refractivity contribution is 0.589. The van der Waals surface area contributed by atoms with Gasteiger partial charge in [-0.15, -0.1) is 0 Å². The van der Waals surface area contributed by atoms with Crippen LogP contribution in [0.15, 0.2) is 24.5 Å². The minimum absolute atomic E-state index is 1.04. The number of hydrogen-bond acceptors (Lipinski definition) is 3. The Bertz CT molecular complexity index is 497. The molecular formula is C12H16N4. The molecule has 0 radical (unpaired) electrons. The highest BCUT2D eigenvalue weighted by atomic mass is 15.2. The molecule has 0 aromatic carbocycles. The summed E-state index contributed by atoms with van der Waals surface area (Å²) >= 11 is 0. The number of imidazole rings is 1. The molecule has 0 bridgehead atoms. The first-order valence-corrected chi connectivity index (χ1v) is 5.74. The van der Waals surface area contributed by atoms with Gasteiger partial charge in [0.05, 0.1) is 11.7 Å². The molecule has 16 heavy (non-hydrogen) atoms. The van der Waals surface area contributed by atoms with Crippen LogP contribution < -0.4 is 10.2 Å². The summed E-state index contributed by atoms with van der Waals surface area (Å²) in [5, 5.41) is 3.37. The molecule has 0 amide bonds. The van der Waals surface area contributed by atoms with E-state index in [2.05, 4.69) is 37.9 Å². The Morgan fingerprint density at radius 2 is 2.12 bits per heavy atom. The predicted molar refractivity (Wildman–Crippen MR) is 65.0 cm³/mol. The number of anilines is 1. The second-order valence-electron chi connectivity index (χ2n) is 4.22. The van der Waals surface area contributed by atoms with Crippen LogP contribution in [-0.4, -0.2) is 35.6 Å². The molecule has 1 aliphatic rings. The Balaban J connectivity index is 1.97. The van der Waals surface area contributed by atoms with E-state index in [0.717, 1.165) is 32.0 Å². The highest BCUT2D eigenvalue weighted by molar-refractivity contribution is 5.59. The molecule has 84 valence electrons. The van der Waals surface area contributed by atoms with Gasteiger partial charge in [-0.3, -0.25) is 0 Å². The number of hydrogen-bond donors (Lipinski definition) is 1. The first kappa shape index (κ1) is 9.66. The van der Waals surface area contributed by atoms with Crippen LogP contribution in [0.4, 0.5) is 5.69 Å². The van der Waals surface area contributed by atoms with Crippen LogP contribution in [0.5, 0.6) is 0 Å². The van der Waals surface area contributed by atoms with Crippen molar-refractivity contribution < 1.29 is 0 Å². The summed E-state index contributed by atoms with van der Waals surface area (Å²) in [7, 11) is 0. The third-order valence-corrected chi connectivity index (χ3v) is 3.18. The summed E-state index contributed by atoms with van der Waals surface area (Å²) in [6, 6.07) is 4.39. The quantitative estimate of drug-likeness (QED) is 0.773. The highest BCUT2D eigenvalue weighted by Crippen LogP contribution is 2.18. The standard InChI is InChI=1S/C12H16N4/c1-10-14-9-12-8-11(2-5-16(10)12)15-6-3-13-4-7-15/h2,5,8-9,13H,3-4,6-7H2,1H3. The third kappa shape index (κ3) is 1.55. The Morgan fingerprint density at radius 3 is 2.94 bits per heavy atom. The average molecular weight is 216 g/mol. The van der Waals surface area contributed by atoms with Crippen LogP contribution in [0, 0.1) is 6.92 Å². The van der Waals surface area contributed by atoms with Gasteiger partial charge in [0.15, 0.2) is 0 Å². The number of aromatic nitrogens is 2. The molecule has 0 unspecified atom stereocenters. The predicted octanol–water partition coefficient (Wildman–Crippen LogP) is 1.05. The molecule has 1 N–H and O–H groups in total. The van der Waals surface area contributed by atoms with Crippen LogP contribution in [0.25, 0.3) is 5.52 Å². The van der Waals surface area contributed by atoms with Gasteiger partial charge in [-0.25, -0.2) is 4.98 Å². The maximum Gasteiger partial charge on any atom is 0.110 e. The molecule has 0 spiro atoms. The maximum absolute atomic E-state index is 4.31. The SMILES string of the molecule is Cc1ncc2cc(N3CCNCC3)ccn12. The summed E-state index contributed by atoms with van der Waals surface area (Å²) in [5.74, 6) is 1.04. The second-order valence-corrected chi connectivity index (χ2v) is 4.22. The number of fused-ring (bicyclic) bond motifs is 1. The van der Waals surface area contributed by atoms with Crippen molar-refractivity contribution in [2.45, 2.75) is 6.92 Å². The summed E-state index contributed by atoms with van der Waals surface area (Å²) in [6.45, 7) is 6.34.